The number of rotatable bonds is 5. The first-order valence-corrected chi connectivity index (χ1v) is 6.99. The maximum atomic E-state index is 12.9. The molecular weight excluding hydrogens is 245 g/mol. The van der Waals surface area contributed by atoms with Gasteiger partial charge in [-0.25, -0.2) is 4.39 Å². The Kier molecular flexibility index (Phi) is 4.77. The van der Waals surface area contributed by atoms with Crippen LogP contribution in [0.1, 0.15) is 38.5 Å². The van der Waals surface area contributed by atoms with Crippen LogP contribution in [0.2, 0.25) is 0 Å². The van der Waals surface area contributed by atoms with Crippen LogP contribution in [-0.2, 0) is 0 Å². The second-order valence-electron chi connectivity index (χ2n) is 5.38. The molecule has 1 aromatic carbocycles. The van der Waals surface area contributed by atoms with Gasteiger partial charge in [-0.15, -0.1) is 0 Å². The number of aliphatic hydroxyl groups is 2. The van der Waals surface area contributed by atoms with Crippen molar-refractivity contribution in [3.8, 4) is 0 Å². The summed E-state index contributed by atoms with van der Waals surface area (Å²) in [5.41, 5.74) is 0.0609. The van der Waals surface area contributed by atoms with Crippen LogP contribution in [0.15, 0.2) is 24.3 Å². The van der Waals surface area contributed by atoms with Crippen molar-refractivity contribution in [2.75, 3.05) is 11.9 Å². The Balaban J connectivity index is 2.04. The van der Waals surface area contributed by atoms with Crippen LogP contribution < -0.4 is 5.32 Å². The van der Waals surface area contributed by atoms with Crippen LogP contribution in [0, 0.1) is 5.82 Å². The van der Waals surface area contributed by atoms with Crippen LogP contribution in [-0.4, -0.2) is 28.5 Å². The fraction of sp³-hybridized carbons (Fsp3) is 0.600. The molecule has 1 aliphatic carbocycles. The molecule has 0 aliphatic heterocycles. The average molecular weight is 267 g/mol. The molecule has 0 amide bonds. The van der Waals surface area contributed by atoms with Gasteiger partial charge in [0.1, 0.15) is 5.82 Å². The van der Waals surface area contributed by atoms with Gasteiger partial charge in [0, 0.05) is 12.3 Å². The van der Waals surface area contributed by atoms with E-state index in [-0.39, 0.29) is 18.5 Å². The Bertz CT molecular complexity index is 396. The Labute approximate surface area is 113 Å². The van der Waals surface area contributed by atoms with Gasteiger partial charge in [0.25, 0.3) is 0 Å². The van der Waals surface area contributed by atoms with Gasteiger partial charge in [-0.05, 0) is 49.9 Å². The third-order valence-corrected chi connectivity index (χ3v) is 3.95. The first-order chi connectivity index (χ1) is 9.14. The fourth-order valence-corrected chi connectivity index (χ4v) is 2.86. The second kappa shape index (κ2) is 6.35. The van der Waals surface area contributed by atoms with Crippen LogP contribution >= 0.6 is 0 Å². The molecule has 1 aliphatic rings. The molecule has 1 saturated carbocycles. The van der Waals surface area contributed by atoms with E-state index in [9.17, 15) is 9.50 Å². The van der Waals surface area contributed by atoms with Crippen molar-refractivity contribution in [3.05, 3.63) is 30.1 Å². The van der Waals surface area contributed by atoms with Gasteiger partial charge in [-0.2, -0.15) is 0 Å². The zero-order valence-electron chi connectivity index (χ0n) is 11.1. The highest BCUT2D eigenvalue weighted by Crippen LogP contribution is 2.34. The van der Waals surface area contributed by atoms with Gasteiger partial charge in [0.05, 0.1) is 11.6 Å². The molecule has 0 radical (unpaired) electrons. The molecule has 4 heteroatoms. The van der Waals surface area contributed by atoms with Crippen molar-refractivity contribution >= 4 is 5.69 Å². The second-order valence-corrected chi connectivity index (χ2v) is 5.38. The van der Waals surface area contributed by atoms with Crippen molar-refractivity contribution < 1.29 is 14.6 Å². The van der Waals surface area contributed by atoms with Crippen LogP contribution in [0.4, 0.5) is 10.1 Å². The maximum absolute atomic E-state index is 12.9. The topological polar surface area (TPSA) is 52.5 Å². The monoisotopic (exact) mass is 267 g/mol. The molecule has 0 aromatic heterocycles. The molecule has 3 nitrogen and oxygen atoms in total. The third-order valence-electron chi connectivity index (χ3n) is 3.95. The number of hydrogen-bond donors (Lipinski definition) is 3. The molecule has 2 rings (SSSR count). The summed E-state index contributed by atoms with van der Waals surface area (Å²) in [6, 6.07) is 6.18. The van der Waals surface area contributed by atoms with E-state index in [4.69, 9.17) is 5.11 Å². The van der Waals surface area contributed by atoms with Gasteiger partial charge in [0.15, 0.2) is 0 Å². The highest BCUT2D eigenvalue weighted by atomic mass is 19.1. The highest BCUT2D eigenvalue weighted by Gasteiger charge is 2.38. The summed E-state index contributed by atoms with van der Waals surface area (Å²) in [4.78, 5) is 0. The Morgan fingerprint density at radius 3 is 2.68 bits per heavy atom. The van der Waals surface area contributed by atoms with Crippen molar-refractivity contribution in [3.63, 3.8) is 0 Å². The lowest BCUT2D eigenvalue weighted by atomic mass is 9.77. The lowest BCUT2D eigenvalue weighted by molar-refractivity contribution is -0.0194. The number of benzene rings is 1. The van der Waals surface area contributed by atoms with E-state index in [1.165, 1.54) is 12.1 Å². The number of halogens is 1. The minimum absolute atomic E-state index is 0.0294. The minimum Gasteiger partial charge on any atom is -0.396 e. The van der Waals surface area contributed by atoms with Gasteiger partial charge in [-0.1, -0.05) is 12.8 Å². The molecule has 2 atom stereocenters. The summed E-state index contributed by atoms with van der Waals surface area (Å²) in [5, 5.41) is 23.0. The summed E-state index contributed by atoms with van der Waals surface area (Å²) in [6.45, 7) is 0.103. The smallest absolute Gasteiger partial charge is 0.123 e. The first-order valence-electron chi connectivity index (χ1n) is 6.99. The summed E-state index contributed by atoms with van der Waals surface area (Å²) >= 11 is 0. The molecule has 106 valence electrons. The largest absolute Gasteiger partial charge is 0.396 e. The summed E-state index contributed by atoms with van der Waals surface area (Å²) in [5.74, 6) is -0.260. The van der Waals surface area contributed by atoms with E-state index < -0.39 is 5.60 Å². The fourth-order valence-electron chi connectivity index (χ4n) is 2.86. The zero-order chi connectivity index (χ0) is 13.7. The Morgan fingerprint density at radius 2 is 2.00 bits per heavy atom. The van der Waals surface area contributed by atoms with Gasteiger partial charge in [0.2, 0.25) is 0 Å². The van der Waals surface area contributed by atoms with Crippen LogP contribution in [0.3, 0.4) is 0 Å². The SMILES string of the molecule is OCCC[C@@]1(O)CCCC[C@H]1Nc1ccc(F)cc1. The highest BCUT2D eigenvalue weighted by molar-refractivity contribution is 5.44. The maximum Gasteiger partial charge on any atom is 0.123 e. The standard InChI is InChI=1S/C15H22FNO2/c16-12-5-7-13(8-6-12)17-14-4-1-2-9-15(14,19)10-3-11-18/h5-8,14,17-19H,1-4,9-11H2/t14-,15+/m1/s1. The number of anilines is 1. The summed E-state index contributed by atoms with van der Waals surface area (Å²) in [7, 11) is 0. The van der Waals surface area contributed by atoms with Crippen LogP contribution in [0.5, 0.6) is 0 Å². The molecule has 1 fully saturated rings. The van der Waals surface area contributed by atoms with Gasteiger partial charge >= 0.3 is 0 Å². The lowest BCUT2D eigenvalue weighted by Gasteiger charge is -2.41. The van der Waals surface area contributed by atoms with Gasteiger partial charge < -0.3 is 15.5 Å². The van der Waals surface area contributed by atoms with Crippen LogP contribution in [0.25, 0.3) is 0 Å². The van der Waals surface area contributed by atoms with Crippen molar-refractivity contribution in [1.82, 2.24) is 0 Å². The quantitative estimate of drug-likeness (QED) is 0.769. The average Bonchev–Trinajstić information content (AvgIpc) is 2.42. The molecule has 1 aromatic rings. The Hall–Kier alpha value is -1.13. The molecule has 0 unspecified atom stereocenters. The molecular formula is C15H22FNO2. The normalized spacial score (nSPS) is 27.2. The van der Waals surface area contributed by atoms with E-state index in [1.807, 2.05) is 0 Å². The van der Waals surface area contributed by atoms with Crippen molar-refractivity contribution in [2.45, 2.75) is 50.2 Å². The molecule has 19 heavy (non-hydrogen) atoms. The predicted octanol–water partition coefficient (Wildman–Crippen LogP) is 2.68. The lowest BCUT2D eigenvalue weighted by Crippen LogP contribution is -2.49. The minimum atomic E-state index is -0.768. The first kappa shape index (κ1) is 14.3. The predicted molar refractivity (Wildman–Crippen MR) is 73.5 cm³/mol. The number of aliphatic hydroxyl groups excluding tert-OH is 1. The summed E-state index contributed by atoms with van der Waals surface area (Å²) in [6.07, 6.45) is 4.97. The number of nitrogens with one attached hydrogen (secondary N) is 1. The Morgan fingerprint density at radius 1 is 1.26 bits per heavy atom. The number of hydrogen-bond acceptors (Lipinski definition) is 3. The molecule has 0 spiro atoms. The molecule has 0 saturated heterocycles. The van der Waals surface area contributed by atoms with Crippen molar-refractivity contribution in [2.24, 2.45) is 0 Å². The van der Waals surface area contributed by atoms with E-state index in [2.05, 4.69) is 5.32 Å². The van der Waals surface area contributed by atoms with Gasteiger partial charge in [-0.3, -0.25) is 0 Å². The van der Waals surface area contributed by atoms with E-state index >= 15 is 0 Å². The van der Waals surface area contributed by atoms with E-state index in [1.54, 1.807) is 12.1 Å². The van der Waals surface area contributed by atoms with Crippen molar-refractivity contribution in [1.29, 1.82) is 0 Å². The van der Waals surface area contributed by atoms with E-state index in [0.717, 1.165) is 31.4 Å². The van der Waals surface area contributed by atoms with E-state index in [0.29, 0.717) is 12.8 Å². The molecule has 0 bridgehead atoms. The summed E-state index contributed by atoms with van der Waals surface area (Å²) < 4.78 is 12.9. The molecule has 0 heterocycles. The molecule has 3 N–H and O–H groups in total. The zero-order valence-corrected chi connectivity index (χ0v) is 11.1. The third kappa shape index (κ3) is 3.67.